The molecular weight excluding hydrogens is 226 g/mol. The molecule has 4 nitrogen and oxygen atoms in total. The molecule has 0 fully saturated rings. The van der Waals surface area contributed by atoms with Crippen LogP contribution in [0.15, 0.2) is 24.3 Å². The Morgan fingerprint density at radius 2 is 2.28 bits per heavy atom. The van der Waals surface area contributed by atoms with Gasteiger partial charge in [-0.1, -0.05) is 12.1 Å². The second-order valence-electron chi connectivity index (χ2n) is 4.58. The summed E-state index contributed by atoms with van der Waals surface area (Å²) in [6, 6.07) is 9.43. The molecule has 0 radical (unpaired) electrons. The number of rotatable bonds is 5. The lowest BCUT2D eigenvalue weighted by Crippen LogP contribution is -2.28. The molecule has 96 valence electrons. The lowest BCUT2D eigenvalue weighted by molar-refractivity contribution is -0.130. The normalized spacial score (nSPS) is 11.7. The third-order valence-corrected chi connectivity index (χ3v) is 2.72. The molecule has 4 heteroatoms. The van der Waals surface area contributed by atoms with E-state index in [1.807, 2.05) is 19.1 Å². The Morgan fingerprint density at radius 1 is 1.56 bits per heavy atom. The molecule has 1 unspecified atom stereocenters. The summed E-state index contributed by atoms with van der Waals surface area (Å²) in [7, 11) is 1.77. The van der Waals surface area contributed by atoms with Gasteiger partial charge in [0.25, 0.3) is 0 Å². The quantitative estimate of drug-likeness (QED) is 0.857. The number of nitriles is 1. The van der Waals surface area contributed by atoms with Crippen LogP contribution >= 0.6 is 0 Å². The van der Waals surface area contributed by atoms with Crippen molar-refractivity contribution >= 4 is 5.91 Å². The number of amides is 1. The molecule has 18 heavy (non-hydrogen) atoms. The van der Waals surface area contributed by atoms with Crippen molar-refractivity contribution in [3.8, 4) is 6.07 Å². The number of nitrogens with zero attached hydrogens (tertiary/aromatic N) is 2. The van der Waals surface area contributed by atoms with Crippen LogP contribution in [-0.4, -0.2) is 23.9 Å². The SMILES string of the molecule is CC(N)CCC(=O)N(C)Cc1cccc(C#N)c1. The van der Waals surface area contributed by atoms with Crippen LogP contribution in [0.1, 0.15) is 30.9 Å². The fraction of sp³-hybridized carbons (Fsp3) is 0.429. The van der Waals surface area contributed by atoms with Crippen molar-refractivity contribution in [2.45, 2.75) is 32.4 Å². The number of hydrogen-bond donors (Lipinski definition) is 1. The molecule has 0 bridgehead atoms. The first-order valence-corrected chi connectivity index (χ1v) is 6.01. The molecular formula is C14H19N3O. The number of carbonyl (C=O) groups excluding carboxylic acids is 1. The Labute approximate surface area is 108 Å². The second-order valence-corrected chi connectivity index (χ2v) is 4.58. The smallest absolute Gasteiger partial charge is 0.222 e. The minimum atomic E-state index is 0.0456. The topological polar surface area (TPSA) is 70.1 Å². The third-order valence-electron chi connectivity index (χ3n) is 2.72. The zero-order chi connectivity index (χ0) is 13.5. The Morgan fingerprint density at radius 3 is 2.89 bits per heavy atom. The highest BCUT2D eigenvalue weighted by Crippen LogP contribution is 2.08. The molecule has 0 aliphatic carbocycles. The van der Waals surface area contributed by atoms with Crippen LogP contribution in [0.3, 0.4) is 0 Å². The van der Waals surface area contributed by atoms with Crippen LogP contribution in [0.4, 0.5) is 0 Å². The van der Waals surface area contributed by atoms with Crippen molar-refractivity contribution in [1.29, 1.82) is 5.26 Å². The molecule has 0 aliphatic heterocycles. The van der Waals surface area contributed by atoms with Gasteiger partial charge < -0.3 is 10.6 Å². The highest BCUT2D eigenvalue weighted by atomic mass is 16.2. The van der Waals surface area contributed by atoms with Crippen molar-refractivity contribution in [1.82, 2.24) is 4.90 Å². The van der Waals surface area contributed by atoms with Gasteiger partial charge in [-0.25, -0.2) is 0 Å². The number of benzene rings is 1. The summed E-state index contributed by atoms with van der Waals surface area (Å²) in [5.41, 5.74) is 7.20. The van der Waals surface area contributed by atoms with Crippen molar-refractivity contribution in [2.75, 3.05) is 7.05 Å². The van der Waals surface area contributed by atoms with E-state index in [2.05, 4.69) is 6.07 Å². The standard InChI is InChI=1S/C14H19N3O/c1-11(16)6-7-14(18)17(2)10-13-5-3-4-12(8-13)9-15/h3-5,8,11H,6-7,10,16H2,1-2H3. The highest BCUT2D eigenvalue weighted by Gasteiger charge is 2.10. The van der Waals surface area contributed by atoms with Gasteiger partial charge in [-0.05, 0) is 31.0 Å². The van der Waals surface area contributed by atoms with Gasteiger partial charge in [0.15, 0.2) is 0 Å². The molecule has 0 aromatic heterocycles. The molecule has 0 spiro atoms. The molecule has 1 rings (SSSR count). The highest BCUT2D eigenvalue weighted by molar-refractivity contribution is 5.75. The molecule has 0 heterocycles. The van der Waals surface area contributed by atoms with Gasteiger partial charge in [0.05, 0.1) is 11.6 Å². The molecule has 0 saturated carbocycles. The van der Waals surface area contributed by atoms with Gasteiger partial charge in [-0.15, -0.1) is 0 Å². The second kappa shape index (κ2) is 6.77. The van der Waals surface area contributed by atoms with E-state index in [9.17, 15) is 4.79 Å². The minimum absolute atomic E-state index is 0.0456. The van der Waals surface area contributed by atoms with Crippen LogP contribution in [0, 0.1) is 11.3 Å². The zero-order valence-electron chi connectivity index (χ0n) is 10.9. The molecule has 0 saturated heterocycles. The minimum Gasteiger partial charge on any atom is -0.341 e. The van der Waals surface area contributed by atoms with Crippen molar-refractivity contribution in [2.24, 2.45) is 5.73 Å². The van der Waals surface area contributed by atoms with E-state index < -0.39 is 0 Å². The van der Waals surface area contributed by atoms with Crippen molar-refractivity contribution < 1.29 is 4.79 Å². The Hall–Kier alpha value is -1.86. The maximum absolute atomic E-state index is 11.8. The van der Waals surface area contributed by atoms with Crippen LogP contribution in [0.2, 0.25) is 0 Å². The fourth-order valence-electron chi connectivity index (χ4n) is 1.64. The first-order valence-electron chi connectivity index (χ1n) is 6.01. The molecule has 2 N–H and O–H groups in total. The van der Waals surface area contributed by atoms with E-state index >= 15 is 0 Å². The Bertz CT molecular complexity index is 449. The van der Waals surface area contributed by atoms with Crippen LogP contribution in [0.5, 0.6) is 0 Å². The van der Waals surface area contributed by atoms with E-state index in [1.165, 1.54) is 0 Å². The van der Waals surface area contributed by atoms with Gasteiger partial charge in [-0.3, -0.25) is 4.79 Å². The molecule has 1 aromatic carbocycles. The summed E-state index contributed by atoms with van der Waals surface area (Å²) in [4.78, 5) is 13.5. The average Bonchev–Trinajstić information content (AvgIpc) is 2.36. The van der Waals surface area contributed by atoms with Gasteiger partial charge in [0.1, 0.15) is 0 Å². The predicted octanol–water partition coefficient (Wildman–Crippen LogP) is 1.64. The van der Waals surface area contributed by atoms with E-state index in [-0.39, 0.29) is 11.9 Å². The van der Waals surface area contributed by atoms with Crippen LogP contribution in [-0.2, 0) is 11.3 Å². The zero-order valence-corrected chi connectivity index (χ0v) is 10.9. The maximum Gasteiger partial charge on any atom is 0.222 e. The summed E-state index contributed by atoms with van der Waals surface area (Å²) in [6.07, 6.45) is 1.16. The van der Waals surface area contributed by atoms with Crippen molar-refractivity contribution in [3.05, 3.63) is 35.4 Å². The largest absolute Gasteiger partial charge is 0.341 e. The average molecular weight is 245 g/mol. The monoisotopic (exact) mass is 245 g/mol. The molecule has 0 aliphatic rings. The summed E-state index contributed by atoms with van der Waals surface area (Å²) in [6.45, 7) is 2.41. The lowest BCUT2D eigenvalue weighted by Gasteiger charge is -2.18. The predicted molar refractivity (Wildman–Crippen MR) is 70.5 cm³/mol. The lowest BCUT2D eigenvalue weighted by atomic mass is 10.1. The van der Waals surface area contributed by atoms with Gasteiger partial charge in [0, 0.05) is 26.1 Å². The van der Waals surface area contributed by atoms with Crippen molar-refractivity contribution in [3.63, 3.8) is 0 Å². The molecule has 1 aromatic rings. The fourth-order valence-corrected chi connectivity index (χ4v) is 1.64. The van der Waals surface area contributed by atoms with E-state index in [0.29, 0.717) is 24.9 Å². The Balaban J connectivity index is 2.55. The first kappa shape index (κ1) is 14.2. The van der Waals surface area contributed by atoms with Gasteiger partial charge >= 0.3 is 0 Å². The number of nitrogens with two attached hydrogens (primary N) is 1. The van der Waals surface area contributed by atoms with E-state index in [1.54, 1.807) is 24.1 Å². The van der Waals surface area contributed by atoms with Gasteiger partial charge in [-0.2, -0.15) is 5.26 Å². The number of carbonyl (C=O) groups is 1. The van der Waals surface area contributed by atoms with Gasteiger partial charge in [0.2, 0.25) is 5.91 Å². The van der Waals surface area contributed by atoms with Crippen LogP contribution in [0.25, 0.3) is 0 Å². The Kier molecular flexibility index (Phi) is 5.34. The van der Waals surface area contributed by atoms with Crippen LogP contribution < -0.4 is 5.73 Å². The molecule has 1 amide bonds. The first-order chi connectivity index (χ1) is 8.52. The van der Waals surface area contributed by atoms with E-state index in [0.717, 1.165) is 5.56 Å². The summed E-state index contributed by atoms with van der Waals surface area (Å²) in [5.74, 6) is 0.0784. The van der Waals surface area contributed by atoms with E-state index in [4.69, 9.17) is 11.0 Å². The summed E-state index contributed by atoms with van der Waals surface area (Å²) in [5, 5.41) is 8.81. The number of hydrogen-bond acceptors (Lipinski definition) is 3. The molecule has 1 atom stereocenters. The maximum atomic E-state index is 11.8. The third kappa shape index (κ3) is 4.56. The summed E-state index contributed by atoms with van der Waals surface area (Å²) >= 11 is 0. The summed E-state index contributed by atoms with van der Waals surface area (Å²) < 4.78 is 0.